The number of hydrogen-bond acceptors (Lipinski definition) is 3. The first kappa shape index (κ1) is 20.5. The van der Waals surface area contributed by atoms with Crippen molar-refractivity contribution < 1.29 is 19.4 Å². The van der Waals surface area contributed by atoms with Crippen LogP contribution in [0.4, 0.5) is 5.69 Å². The zero-order valence-corrected chi connectivity index (χ0v) is 17.6. The van der Waals surface area contributed by atoms with E-state index >= 15 is 0 Å². The van der Waals surface area contributed by atoms with Gasteiger partial charge in [0.25, 0.3) is 0 Å². The van der Waals surface area contributed by atoms with Gasteiger partial charge >= 0.3 is 5.97 Å². The van der Waals surface area contributed by atoms with Crippen molar-refractivity contribution in [1.29, 1.82) is 0 Å². The van der Waals surface area contributed by atoms with E-state index in [9.17, 15) is 9.59 Å². The fourth-order valence-electron chi connectivity index (χ4n) is 2.45. The quantitative estimate of drug-likeness (QED) is 0.574. The first-order valence-electron chi connectivity index (χ1n) is 8.01. The Bertz CT molecular complexity index is 813. The Kier molecular flexibility index (Phi) is 7.23. The monoisotopic (exact) mass is 483 g/mol. The lowest BCUT2D eigenvalue weighted by atomic mass is 10.1. The molecular formula is C19H19Br2NO4. The minimum atomic E-state index is -0.890. The number of aryl methyl sites for hydroxylation is 1. The molecule has 0 bridgehead atoms. The maximum absolute atomic E-state index is 11.6. The summed E-state index contributed by atoms with van der Waals surface area (Å²) in [6.45, 7) is 4.07. The minimum Gasteiger partial charge on any atom is -0.487 e. The van der Waals surface area contributed by atoms with Crippen molar-refractivity contribution in [3.63, 3.8) is 0 Å². The van der Waals surface area contributed by atoms with Gasteiger partial charge in [0.15, 0.2) is 0 Å². The van der Waals surface area contributed by atoms with E-state index in [2.05, 4.69) is 37.2 Å². The van der Waals surface area contributed by atoms with Gasteiger partial charge in [-0.25, -0.2) is 0 Å². The number of carboxylic acids is 1. The molecule has 0 heterocycles. The molecule has 5 nitrogen and oxygen atoms in total. The number of rotatable bonds is 7. The molecule has 2 aromatic rings. The summed E-state index contributed by atoms with van der Waals surface area (Å²) in [5.41, 5.74) is 3.35. The summed E-state index contributed by atoms with van der Waals surface area (Å²) >= 11 is 6.86. The Morgan fingerprint density at radius 3 is 2.31 bits per heavy atom. The van der Waals surface area contributed by atoms with Gasteiger partial charge < -0.3 is 15.2 Å². The Morgan fingerprint density at radius 1 is 1.08 bits per heavy atom. The molecule has 0 aromatic heterocycles. The number of hydrogen-bond donors (Lipinski definition) is 2. The van der Waals surface area contributed by atoms with Crippen molar-refractivity contribution in [2.75, 3.05) is 5.32 Å². The van der Waals surface area contributed by atoms with E-state index < -0.39 is 5.97 Å². The maximum atomic E-state index is 11.6. The lowest BCUT2D eigenvalue weighted by Crippen LogP contribution is -2.10. The molecule has 0 saturated heterocycles. The third-order valence-corrected chi connectivity index (χ3v) is 4.72. The van der Waals surface area contributed by atoms with Crippen LogP contribution in [0.3, 0.4) is 0 Å². The zero-order valence-electron chi connectivity index (χ0n) is 14.4. The van der Waals surface area contributed by atoms with Crippen LogP contribution in [0.2, 0.25) is 0 Å². The fraction of sp³-hybridized carbons (Fsp3) is 0.263. The predicted octanol–water partition coefficient (Wildman–Crippen LogP) is 5.07. The molecule has 0 aliphatic rings. The van der Waals surface area contributed by atoms with Gasteiger partial charge in [-0.15, -0.1) is 0 Å². The Labute approximate surface area is 169 Å². The van der Waals surface area contributed by atoms with E-state index in [1.165, 1.54) is 0 Å². The number of carbonyl (C=O) groups excluding carboxylic acids is 1. The number of anilines is 1. The fourth-order valence-corrected chi connectivity index (χ4v) is 3.96. The second-order valence-corrected chi connectivity index (χ2v) is 7.57. The molecule has 0 spiro atoms. The first-order valence-corrected chi connectivity index (χ1v) is 9.60. The second kappa shape index (κ2) is 9.19. The normalized spacial score (nSPS) is 10.5. The van der Waals surface area contributed by atoms with Crippen LogP contribution in [0.1, 0.15) is 30.0 Å². The molecule has 26 heavy (non-hydrogen) atoms. The highest BCUT2D eigenvalue weighted by Gasteiger charge is 2.12. The van der Waals surface area contributed by atoms with Crippen LogP contribution in [0.15, 0.2) is 39.3 Å². The highest BCUT2D eigenvalue weighted by molar-refractivity contribution is 9.11. The van der Waals surface area contributed by atoms with Crippen molar-refractivity contribution in [2.24, 2.45) is 0 Å². The van der Waals surface area contributed by atoms with Crippen molar-refractivity contribution in [3.05, 3.63) is 56.0 Å². The van der Waals surface area contributed by atoms with Gasteiger partial charge in [0.2, 0.25) is 5.91 Å². The summed E-state index contributed by atoms with van der Waals surface area (Å²) in [6, 6.07) is 9.24. The van der Waals surface area contributed by atoms with Gasteiger partial charge in [0, 0.05) is 12.1 Å². The second-order valence-electron chi connectivity index (χ2n) is 5.86. The van der Waals surface area contributed by atoms with Crippen molar-refractivity contribution in [1.82, 2.24) is 0 Å². The number of carbonyl (C=O) groups is 2. The van der Waals surface area contributed by atoms with E-state index in [0.717, 1.165) is 16.8 Å². The zero-order chi connectivity index (χ0) is 19.3. The largest absolute Gasteiger partial charge is 0.487 e. The van der Waals surface area contributed by atoms with Crippen LogP contribution < -0.4 is 10.1 Å². The van der Waals surface area contributed by atoms with Gasteiger partial charge in [0.05, 0.1) is 15.4 Å². The lowest BCUT2D eigenvalue weighted by molar-refractivity contribution is -0.136. The molecule has 0 radical (unpaired) electrons. The van der Waals surface area contributed by atoms with Crippen LogP contribution in [-0.4, -0.2) is 17.0 Å². The summed E-state index contributed by atoms with van der Waals surface area (Å²) in [4.78, 5) is 22.4. The van der Waals surface area contributed by atoms with Crippen molar-refractivity contribution >= 4 is 49.4 Å². The third kappa shape index (κ3) is 5.85. The van der Waals surface area contributed by atoms with Crippen molar-refractivity contribution in [3.8, 4) is 5.75 Å². The molecule has 2 N–H and O–H groups in total. The van der Waals surface area contributed by atoms with E-state index in [4.69, 9.17) is 9.84 Å². The number of amides is 1. The van der Waals surface area contributed by atoms with E-state index in [-0.39, 0.29) is 12.3 Å². The topological polar surface area (TPSA) is 75.6 Å². The molecule has 0 aliphatic heterocycles. The number of ether oxygens (including phenoxy) is 1. The highest BCUT2D eigenvalue weighted by atomic mass is 79.9. The van der Waals surface area contributed by atoms with Crippen LogP contribution in [-0.2, 0) is 22.6 Å². The highest BCUT2D eigenvalue weighted by Crippen LogP contribution is 2.35. The summed E-state index contributed by atoms with van der Waals surface area (Å²) in [6.07, 6.45) is 0.359. The Hall–Kier alpha value is -1.86. The van der Waals surface area contributed by atoms with Crippen LogP contribution in [0.5, 0.6) is 5.75 Å². The number of benzene rings is 2. The molecule has 0 saturated carbocycles. The molecular weight excluding hydrogens is 466 g/mol. The molecule has 0 aliphatic carbocycles. The summed E-state index contributed by atoms with van der Waals surface area (Å²) in [7, 11) is 0. The third-order valence-electron chi connectivity index (χ3n) is 3.54. The molecule has 2 aromatic carbocycles. The summed E-state index contributed by atoms with van der Waals surface area (Å²) < 4.78 is 7.25. The average molecular weight is 485 g/mol. The molecule has 0 unspecified atom stereocenters. The van der Waals surface area contributed by atoms with E-state index in [0.29, 0.717) is 33.3 Å². The Balaban J connectivity index is 2.16. The lowest BCUT2D eigenvalue weighted by Gasteiger charge is -2.13. The van der Waals surface area contributed by atoms with Gasteiger partial charge in [-0.2, -0.15) is 0 Å². The van der Waals surface area contributed by atoms with Crippen LogP contribution in [0.25, 0.3) is 0 Å². The van der Waals surface area contributed by atoms with Crippen LogP contribution >= 0.6 is 31.9 Å². The van der Waals surface area contributed by atoms with E-state index in [1.54, 1.807) is 19.1 Å². The number of nitrogens with one attached hydrogen (secondary N) is 1. The minimum absolute atomic E-state index is 0.0398. The predicted molar refractivity (Wildman–Crippen MR) is 108 cm³/mol. The molecule has 138 valence electrons. The van der Waals surface area contributed by atoms with Gasteiger partial charge in [-0.05, 0) is 79.7 Å². The number of halogens is 2. The molecule has 0 atom stereocenters. The van der Waals surface area contributed by atoms with Crippen molar-refractivity contribution in [2.45, 2.75) is 33.3 Å². The molecule has 0 fully saturated rings. The number of aliphatic carboxylic acids is 1. The molecule has 7 heteroatoms. The summed E-state index contributed by atoms with van der Waals surface area (Å²) in [5, 5.41) is 11.8. The maximum Gasteiger partial charge on any atom is 0.307 e. The van der Waals surface area contributed by atoms with Gasteiger partial charge in [0.1, 0.15) is 12.4 Å². The first-order chi connectivity index (χ1) is 12.3. The van der Waals surface area contributed by atoms with Crippen LogP contribution in [0, 0.1) is 6.92 Å². The summed E-state index contributed by atoms with van der Waals surface area (Å²) in [5.74, 6) is -0.333. The van der Waals surface area contributed by atoms with Gasteiger partial charge in [-0.1, -0.05) is 13.0 Å². The molecule has 2 rings (SSSR count). The standard InChI is InChI=1S/C19H19Br2NO4/c1-3-17(23)22-14-5-11(2)4-13(6-14)10-26-19-15(20)7-12(8-16(19)21)9-18(24)25/h4-8H,3,9-10H2,1-2H3,(H,22,23)(H,24,25). The van der Waals surface area contributed by atoms with Gasteiger partial charge in [-0.3, -0.25) is 9.59 Å². The molecule has 1 amide bonds. The van der Waals surface area contributed by atoms with E-state index in [1.807, 2.05) is 25.1 Å². The number of carboxylic acid groups (broad SMARTS) is 1. The Morgan fingerprint density at radius 2 is 1.73 bits per heavy atom. The SMILES string of the molecule is CCC(=O)Nc1cc(C)cc(COc2c(Br)cc(CC(=O)O)cc2Br)c1. The smallest absolute Gasteiger partial charge is 0.307 e. The average Bonchev–Trinajstić information content (AvgIpc) is 2.52.